The largest absolute Gasteiger partial charge is 0.497 e. The van der Waals surface area contributed by atoms with Crippen LogP contribution in [-0.2, 0) is 17.8 Å². The Labute approximate surface area is 167 Å². The molecule has 0 saturated carbocycles. The van der Waals surface area contributed by atoms with E-state index in [9.17, 15) is 13.6 Å². The van der Waals surface area contributed by atoms with Crippen LogP contribution in [0.5, 0.6) is 11.5 Å². The average Bonchev–Trinajstić information content (AvgIpc) is 3.23. The minimum Gasteiger partial charge on any atom is -0.497 e. The molecule has 0 radical (unpaired) electrons. The first-order valence-corrected chi connectivity index (χ1v) is 9.00. The molecule has 0 aliphatic carbocycles. The van der Waals surface area contributed by atoms with Crippen molar-refractivity contribution >= 4 is 11.6 Å². The third kappa shape index (κ3) is 4.93. The van der Waals surface area contributed by atoms with Crippen LogP contribution in [0.1, 0.15) is 17.7 Å². The zero-order valence-electron chi connectivity index (χ0n) is 16.2. The second-order valence-electron chi connectivity index (χ2n) is 6.33. The van der Waals surface area contributed by atoms with Crippen LogP contribution in [-0.4, -0.2) is 20.1 Å². The zero-order chi connectivity index (χ0) is 20.8. The molecule has 0 saturated heterocycles. The Morgan fingerprint density at radius 1 is 1.07 bits per heavy atom. The van der Waals surface area contributed by atoms with Gasteiger partial charge < -0.3 is 18.8 Å². The molecule has 0 aliphatic rings. The molecule has 0 spiro atoms. The van der Waals surface area contributed by atoms with E-state index in [0.29, 0.717) is 23.7 Å². The van der Waals surface area contributed by atoms with Crippen LogP contribution in [0.15, 0.2) is 59.2 Å². The molecule has 3 aromatic rings. The van der Waals surface area contributed by atoms with Crippen LogP contribution >= 0.6 is 0 Å². The van der Waals surface area contributed by atoms with Crippen molar-refractivity contribution in [2.45, 2.75) is 19.4 Å². The van der Waals surface area contributed by atoms with Gasteiger partial charge in [0.2, 0.25) is 5.91 Å². The predicted octanol–water partition coefficient (Wildman–Crippen LogP) is 4.74. The Kier molecular flexibility index (Phi) is 6.49. The van der Waals surface area contributed by atoms with Gasteiger partial charge in [0, 0.05) is 12.5 Å². The lowest BCUT2D eigenvalue weighted by atomic mass is 10.1. The topological polar surface area (TPSA) is 51.9 Å². The van der Waals surface area contributed by atoms with Crippen LogP contribution in [0.2, 0.25) is 0 Å². The Morgan fingerprint density at radius 2 is 1.90 bits per heavy atom. The van der Waals surface area contributed by atoms with Gasteiger partial charge >= 0.3 is 0 Å². The lowest BCUT2D eigenvalue weighted by Crippen LogP contribution is -2.31. The molecular weight excluding hydrogens is 380 g/mol. The van der Waals surface area contributed by atoms with Gasteiger partial charge in [-0.2, -0.15) is 0 Å². The van der Waals surface area contributed by atoms with Gasteiger partial charge in [-0.25, -0.2) is 8.78 Å². The van der Waals surface area contributed by atoms with Gasteiger partial charge in [0.15, 0.2) is 0 Å². The highest BCUT2D eigenvalue weighted by Gasteiger charge is 2.21. The fraction of sp³-hybridized carbons (Fsp3) is 0.227. The number of hydrogen-bond donors (Lipinski definition) is 0. The maximum absolute atomic E-state index is 14.4. The number of carbonyl (C=O) groups is 1. The summed E-state index contributed by atoms with van der Waals surface area (Å²) in [5.74, 6) is -0.103. The maximum atomic E-state index is 14.4. The summed E-state index contributed by atoms with van der Waals surface area (Å²) in [6.07, 6.45) is 1.91. The predicted molar refractivity (Wildman–Crippen MR) is 104 cm³/mol. The highest BCUT2D eigenvalue weighted by molar-refractivity contribution is 5.93. The average molecular weight is 401 g/mol. The lowest BCUT2D eigenvalue weighted by molar-refractivity contribution is -0.118. The molecular formula is C22H21F2NO4. The van der Waals surface area contributed by atoms with E-state index in [4.69, 9.17) is 13.9 Å². The SMILES string of the molecule is COc1ccc(OC)c(CCC(=O)N(Cc2ccco2)c2ccc(F)cc2F)c1. The molecule has 1 heterocycles. The van der Waals surface area contributed by atoms with E-state index < -0.39 is 11.6 Å². The molecule has 3 rings (SSSR count). The number of halogens is 2. The number of nitrogens with zero attached hydrogens (tertiary/aromatic N) is 1. The molecule has 1 aromatic heterocycles. The molecule has 152 valence electrons. The summed E-state index contributed by atoms with van der Waals surface area (Å²) >= 11 is 0. The van der Waals surface area contributed by atoms with Crippen molar-refractivity contribution in [1.29, 1.82) is 0 Å². The van der Waals surface area contributed by atoms with Crippen LogP contribution in [0, 0.1) is 11.6 Å². The van der Waals surface area contributed by atoms with Crippen molar-refractivity contribution in [1.82, 2.24) is 0 Å². The van der Waals surface area contributed by atoms with Crippen molar-refractivity contribution in [3.05, 3.63) is 77.8 Å². The highest BCUT2D eigenvalue weighted by atomic mass is 19.1. The molecule has 29 heavy (non-hydrogen) atoms. The van der Waals surface area contributed by atoms with E-state index in [0.717, 1.165) is 17.7 Å². The summed E-state index contributed by atoms with van der Waals surface area (Å²) in [7, 11) is 3.10. The number of benzene rings is 2. The van der Waals surface area contributed by atoms with Crippen LogP contribution < -0.4 is 14.4 Å². The molecule has 0 atom stereocenters. The minimum absolute atomic E-state index is 0.00888. The van der Waals surface area contributed by atoms with E-state index in [-0.39, 0.29) is 24.6 Å². The Hall–Kier alpha value is -3.35. The monoisotopic (exact) mass is 401 g/mol. The molecule has 0 bridgehead atoms. The Bertz CT molecular complexity index is 973. The molecule has 0 unspecified atom stereocenters. The third-order valence-electron chi connectivity index (χ3n) is 4.49. The number of aryl methyl sites for hydroxylation is 1. The van der Waals surface area contributed by atoms with Gasteiger partial charge in [0.1, 0.15) is 28.9 Å². The normalized spacial score (nSPS) is 10.6. The summed E-state index contributed by atoms with van der Waals surface area (Å²) in [5.41, 5.74) is 0.781. The number of ether oxygens (including phenoxy) is 2. The van der Waals surface area contributed by atoms with Gasteiger partial charge in [-0.1, -0.05) is 0 Å². The zero-order valence-corrected chi connectivity index (χ0v) is 16.2. The molecule has 0 aliphatic heterocycles. The second-order valence-corrected chi connectivity index (χ2v) is 6.33. The fourth-order valence-corrected chi connectivity index (χ4v) is 3.02. The smallest absolute Gasteiger partial charge is 0.227 e. The number of anilines is 1. The molecule has 5 nitrogen and oxygen atoms in total. The first-order chi connectivity index (χ1) is 14.0. The first kappa shape index (κ1) is 20.4. The number of carbonyl (C=O) groups excluding carboxylic acids is 1. The van der Waals surface area contributed by atoms with Crippen LogP contribution in [0.25, 0.3) is 0 Å². The van der Waals surface area contributed by atoms with Crippen LogP contribution in [0.4, 0.5) is 14.5 Å². The van der Waals surface area contributed by atoms with Gasteiger partial charge in [-0.15, -0.1) is 0 Å². The van der Waals surface area contributed by atoms with Gasteiger partial charge in [0.25, 0.3) is 0 Å². The maximum Gasteiger partial charge on any atom is 0.227 e. The summed E-state index contributed by atoms with van der Waals surface area (Å²) in [4.78, 5) is 14.2. The van der Waals surface area contributed by atoms with Gasteiger partial charge in [0.05, 0.1) is 32.7 Å². The quantitative estimate of drug-likeness (QED) is 0.547. The van der Waals surface area contributed by atoms with Crippen molar-refractivity contribution in [3.8, 4) is 11.5 Å². The van der Waals surface area contributed by atoms with E-state index in [1.165, 1.54) is 17.2 Å². The molecule has 7 heteroatoms. The van der Waals surface area contributed by atoms with E-state index in [2.05, 4.69) is 0 Å². The fourth-order valence-electron chi connectivity index (χ4n) is 3.02. The number of furan rings is 1. The minimum atomic E-state index is -0.816. The van der Waals surface area contributed by atoms with Crippen molar-refractivity contribution in [3.63, 3.8) is 0 Å². The Morgan fingerprint density at radius 3 is 2.55 bits per heavy atom. The molecule has 2 aromatic carbocycles. The third-order valence-corrected chi connectivity index (χ3v) is 4.49. The van der Waals surface area contributed by atoms with Gasteiger partial charge in [-0.3, -0.25) is 4.79 Å². The standard InChI is InChI=1S/C22H21F2NO4/c1-27-17-7-9-21(28-2)15(12-17)5-10-22(26)25(14-18-4-3-11-29-18)20-8-6-16(23)13-19(20)24/h3-4,6-9,11-13H,5,10,14H2,1-2H3. The highest BCUT2D eigenvalue weighted by Crippen LogP contribution is 2.27. The molecule has 1 amide bonds. The van der Waals surface area contributed by atoms with Gasteiger partial charge in [-0.05, 0) is 54.4 Å². The molecule has 0 N–H and O–H groups in total. The van der Waals surface area contributed by atoms with Crippen molar-refractivity contribution in [2.24, 2.45) is 0 Å². The second kappa shape index (κ2) is 9.23. The number of hydrogen-bond acceptors (Lipinski definition) is 4. The summed E-state index contributed by atoms with van der Waals surface area (Å²) < 4.78 is 43.6. The number of rotatable bonds is 8. The summed E-state index contributed by atoms with van der Waals surface area (Å²) in [6.45, 7) is 0.0314. The van der Waals surface area contributed by atoms with E-state index >= 15 is 0 Å². The van der Waals surface area contributed by atoms with Crippen molar-refractivity contribution < 1.29 is 27.5 Å². The first-order valence-electron chi connectivity index (χ1n) is 9.00. The van der Waals surface area contributed by atoms with Crippen LogP contribution in [0.3, 0.4) is 0 Å². The molecule has 0 fully saturated rings. The van der Waals surface area contributed by atoms with Crippen molar-refractivity contribution in [2.75, 3.05) is 19.1 Å². The summed E-state index contributed by atoms with van der Waals surface area (Å²) in [5, 5.41) is 0. The summed E-state index contributed by atoms with van der Waals surface area (Å²) in [6, 6.07) is 11.8. The van der Waals surface area contributed by atoms with E-state index in [1.54, 1.807) is 44.6 Å². The van der Waals surface area contributed by atoms with E-state index in [1.807, 2.05) is 0 Å². The Balaban J connectivity index is 1.83. The number of amides is 1. The lowest BCUT2D eigenvalue weighted by Gasteiger charge is -2.23. The number of methoxy groups -OCH3 is 2.